The van der Waals surface area contributed by atoms with E-state index in [1.54, 1.807) is 6.08 Å². The highest BCUT2D eigenvalue weighted by Gasteiger charge is 2.30. The third kappa shape index (κ3) is 9.58. The van der Waals surface area contributed by atoms with Crippen LogP contribution < -0.4 is 5.32 Å². The second kappa shape index (κ2) is 13.5. The normalized spacial score (nSPS) is 16.6. The maximum Gasteiger partial charge on any atom is 0.0327 e. The second-order valence-corrected chi connectivity index (χ2v) is 5.01. The third-order valence-corrected chi connectivity index (χ3v) is 2.69. The van der Waals surface area contributed by atoms with Crippen LogP contribution in [0.1, 0.15) is 62.3 Å². The summed E-state index contributed by atoms with van der Waals surface area (Å²) in [7, 11) is 0. The molecule has 1 aliphatic rings. The highest BCUT2D eigenvalue weighted by Crippen LogP contribution is 2.35. The summed E-state index contributed by atoms with van der Waals surface area (Å²) < 4.78 is 0. The molecule has 1 heterocycles. The predicted octanol–water partition coefficient (Wildman–Crippen LogP) is 5.96. The Hall–Kier alpha value is -0.980. The van der Waals surface area contributed by atoms with E-state index >= 15 is 0 Å². The van der Waals surface area contributed by atoms with E-state index in [-0.39, 0.29) is 0 Å². The van der Waals surface area contributed by atoms with Crippen LogP contribution in [0.4, 0.5) is 0 Å². The first kappa shape index (κ1) is 23.1. The van der Waals surface area contributed by atoms with Crippen LogP contribution in [0.15, 0.2) is 36.6 Å². The summed E-state index contributed by atoms with van der Waals surface area (Å²) in [6.07, 6.45) is 3.67. The van der Waals surface area contributed by atoms with E-state index in [0.717, 1.165) is 6.54 Å². The molecule has 0 radical (unpaired) electrons. The fraction of sp³-hybridized carbons (Fsp3) is 0.667. The van der Waals surface area contributed by atoms with Gasteiger partial charge in [-0.2, -0.15) is 0 Å². The fourth-order valence-electron chi connectivity index (χ4n) is 1.88. The van der Waals surface area contributed by atoms with Crippen molar-refractivity contribution in [3.63, 3.8) is 0 Å². The fourth-order valence-corrected chi connectivity index (χ4v) is 1.88. The summed E-state index contributed by atoms with van der Waals surface area (Å²) in [4.78, 5) is 0. The zero-order chi connectivity index (χ0) is 16.1. The average molecular weight is 268 g/mol. The van der Waals surface area contributed by atoms with Gasteiger partial charge in [-0.25, -0.2) is 0 Å². The van der Waals surface area contributed by atoms with Crippen LogP contribution in [-0.2, 0) is 0 Å². The Morgan fingerprint density at radius 1 is 1.11 bits per heavy atom. The average Bonchev–Trinajstić information content (AvgIpc) is 2.76. The highest BCUT2D eigenvalue weighted by atomic mass is 14.9. The van der Waals surface area contributed by atoms with Crippen LogP contribution in [0, 0.1) is 11.3 Å². The van der Waals surface area contributed by atoms with Gasteiger partial charge in [0.15, 0.2) is 0 Å². The molecule has 19 heavy (non-hydrogen) atoms. The molecule has 0 amide bonds. The van der Waals surface area contributed by atoms with Gasteiger partial charge in [-0.1, -0.05) is 61.1 Å². The predicted molar refractivity (Wildman–Crippen MR) is 92.4 cm³/mol. The van der Waals surface area contributed by atoms with Gasteiger partial charge in [-0.15, -0.1) is 6.58 Å². The molecule has 0 aliphatic carbocycles. The summed E-state index contributed by atoms with van der Waals surface area (Å²) in [5.74, 6) is 0.658. The molecule has 0 aromatic rings. The molecule has 1 unspecified atom stereocenters. The number of nitrogens with one attached hydrogen (secondary N) is 1. The molecule has 1 aliphatic heterocycles. The molecule has 0 bridgehead atoms. The lowest BCUT2D eigenvalue weighted by Crippen LogP contribution is -2.25. The molecule has 1 nitrogen and oxygen atoms in total. The van der Waals surface area contributed by atoms with Crippen LogP contribution in [0.2, 0.25) is 0 Å². The lowest BCUT2D eigenvalue weighted by molar-refractivity contribution is 0.290. The van der Waals surface area contributed by atoms with Gasteiger partial charge in [0.1, 0.15) is 0 Å². The quantitative estimate of drug-likeness (QED) is 0.578. The van der Waals surface area contributed by atoms with Crippen molar-refractivity contribution in [2.75, 3.05) is 6.54 Å². The van der Waals surface area contributed by atoms with Gasteiger partial charge in [0.25, 0.3) is 0 Å². The maximum atomic E-state index is 3.79. The van der Waals surface area contributed by atoms with E-state index in [4.69, 9.17) is 0 Å². The minimum absolute atomic E-state index is 0.363. The smallest absolute Gasteiger partial charge is 0.0327 e. The van der Waals surface area contributed by atoms with Gasteiger partial charge in [0.05, 0.1) is 0 Å². The topological polar surface area (TPSA) is 12.0 Å². The molecule has 114 valence electrons. The van der Waals surface area contributed by atoms with Gasteiger partial charge in [0, 0.05) is 18.2 Å². The van der Waals surface area contributed by atoms with E-state index in [0.29, 0.717) is 11.3 Å². The highest BCUT2D eigenvalue weighted by molar-refractivity contribution is 5.29. The number of hydrogen-bond acceptors (Lipinski definition) is 1. The standard InChI is InChI=1S/C11H19N.C3H6.2C2H6/c1-6-10-8(2)9(7-12-10)11(3,4)5;1-3-2;2*1-2/h6,9,12H,1,7H2,2-5H3;3H,1H2,2H3;2*1-2H3. The Labute approximate surface area is 122 Å². The van der Waals surface area contributed by atoms with Gasteiger partial charge in [0.2, 0.25) is 0 Å². The van der Waals surface area contributed by atoms with Crippen molar-refractivity contribution in [1.82, 2.24) is 5.32 Å². The molecule has 0 saturated carbocycles. The summed E-state index contributed by atoms with van der Waals surface area (Å²) in [6.45, 7) is 27.2. The monoisotopic (exact) mass is 267 g/mol. The largest absolute Gasteiger partial charge is 0.384 e. The minimum atomic E-state index is 0.363. The third-order valence-electron chi connectivity index (χ3n) is 2.69. The molecule has 1 atom stereocenters. The zero-order valence-electron chi connectivity index (χ0n) is 14.9. The summed E-state index contributed by atoms with van der Waals surface area (Å²) in [5.41, 5.74) is 3.05. The Kier molecular flexibility index (Phi) is 16.4. The molecule has 1 N–H and O–H groups in total. The minimum Gasteiger partial charge on any atom is -0.384 e. The number of rotatable bonds is 1. The maximum absolute atomic E-state index is 3.79. The molecule has 0 spiro atoms. The zero-order valence-corrected chi connectivity index (χ0v) is 14.9. The van der Waals surface area contributed by atoms with E-state index in [1.807, 2.05) is 40.7 Å². The molecule has 0 saturated heterocycles. The van der Waals surface area contributed by atoms with Crippen LogP contribution >= 0.6 is 0 Å². The lowest BCUT2D eigenvalue weighted by Gasteiger charge is -2.27. The van der Waals surface area contributed by atoms with Crippen LogP contribution in [0.25, 0.3) is 0 Å². The van der Waals surface area contributed by atoms with Crippen molar-refractivity contribution in [2.24, 2.45) is 11.3 Å². The Morgan fingerprint density at radius 2 is 1.47 bits per heavy atom. The second-order valence-electron chi connectivity index (χ2n) is 5.01. The van der Waals surface area contributed by atoms with Gasteiger partial charge in [-0.3, -0.25) is 0 Å². The Bertz CT molecular complexity index is 253. The van der Waals surface area contributed by atoms with Gasteiger partial charge in [-0.05, 0) is 30.9 Å². The molecule has 0 aromatic heterocycles. The van der Waals surface area contributed by atoms with Crippen molar-refractivity contribution in [1.29, 1.82) is 0 Å². The van der Waals surface area contributed by atoms with Crippen LogP contribution in [0.3, 0.4) is 0 Å². The molecule has 1 rings (SSSR count). The Balaban J connectivity index is -0.000000313. The molecular weight excluding hydrogens is 230 g/mol. The SMILES string of the molecule is C=CC.C=CC1=C(C)C(C(C)(C)C)CN1.CC.CC. The van der Waals surface area contributed by atoms with E-state index in [1.165, 1.54) is 11.3 Å². The summed E-state index contributed by atoms with van der Waals surface area (Å²) in [5, 5.41) is 3.37. The number of hydrogen-bond donors (Lipinski definition) is 1. The van der Waals surface area contributed by atoms with Crippen molar-refractivity contribution < 1.29 is 0 Å². The van der Waals surface area contributed by atoms with E-state index in [9.17, 15) is 0 Å². The van der Waals surface area contributed by atoms with Crippen LogP contribution in [0.5, 0.6) is 0 Å². The lowest BCUT2D eigenvalue weighted by atomic mass is 9.77. The summed E-state index contributed by atoms with van der Waals surface area (Å²) >= 11 is 0. The first-order chi connectivity index (χ1) is 8.88. The molecule has 0 fully saturated rings. The molecular formula is C18H37N. The number of allylic oxidation sites excluding steroid dienone is 2. The first-order valence-electron chi connectivity index (χ1n) is 7.52. The van der Waals surface area contributed by atoms with Gasteiger partial charge < -0.3 is 5.32 Å². The van der Waals surface area contributed by atoms with E-state index < -0.39 is 0 Å². The van der Waals surface area contributed by atoms with Crippen molar-refractivity contribution in [3.05, 3.63) is 36.6 Å². The summed E-state index contributed by atoms with van der Waals surface area (Å²) in [6, 6.07) is 0. The first-order valence-corrected chi connectivity index (χ1v) is 7.52. The molecule has 1 heteroatoms. The van der Waals surface area contributed by atoms with Crippen LogP contribution in [-0.4, -0.2) is 6.54 Å². The van der Waals surface area contributed by atoms with E-state index in [2.05, 4.69) is 46.2 Å². The molecule has 0 aromatic carbocycles. The van der Waals surface area contributed by atoms with Gasteiger partial charge >= 0.3 is 0 Å². The van der Waals surface area contributed by atoms with Crippen molar-refractivity contribution in [2.45, 2.75) is 62.3 Å². The van der Waals surface area contributed by atoms with Crippen molar-refractivity contribution in [3.8, 4) is 0 Å². The van der Waals surface area contributed by atoms with Crippen molar-refractivity contribution >= 4 is 0 Å². The Morgan fingerprint density at radius 3 is 1.63 bits per heavy atom.